The van der Waals surface area contributed by atoms with Crippen molar-refractivity contribution in [2.24, 2.45) is 0 Å². The molecule has 2 fully saturated rings. The summed E-state index contributed by atoms with van der Waals surface area (Å²) in [7, 11) is 0. The lowest BCUT2D eigenvalue weighted by Gasteiger charge is -2.27. The lowest BCUT2D eigenvalue weighted by molar-refractivity contribution is 0.345. The average molecular weight is 182 g/mol. The van der Waals surface area contributed by atoms with E-state index in [1.807, 2.05) is 0 Å². The topological polar surface area (TPSA) is 24.1 Å². The van der Waals surface area contributed by atoms with Crippen molar-refractivity contribution in [1.82, 2.24) is 10.6 Å². The molecule has 1 atom stereocenters. The molecule has 1 aliphatic carbocycles. The van der Waals surface area contributed by atoms with E-state index in [0.717, 1.165) is 6.04 Å². The van der Waals surface area contributed by atoms with Crippen LogP contribution in [0.1, 0.15) is 45.4 Å². The first-order valence-electron chi connectivity index (χ1n) is 5.77. The van der Waals surface area contributed by atoms with Gasteiger partial charge in [0.1, 0.15) is 0 Å². The maximum atomic E-state index is 3.74. The maximum absolute atomic E-state index is 3.74. The lowest BCUT2D eigenvalue weighted by Crippen LogP contribution is -2.45. The Morgan fingerprint density at radius 3 is 2.69 bits per heavy atom. The Bertz CT molecular complexity index is 155. The molecule has 0 aromatic heterocycles. The van der Waals surface area contributed by atoms with Crippen LogP contribution in [0.25, 0.3) is 0 Å². The molecule has 2 heteroatoms. The molecule has 2 aliphatic rings. The maximum Gasteiger partial charge on any atom is 0.0193 e. The molecule has 2 nitrogen and oxygen atoms in total. The SMILES string of the molecule is CC1(NCC2CCCN2)CCCC1. The number of hydrogen-bond acceptors (Lipinski definition) is 2. The second kappa shape index (κ2) is 3.97. The Labute approximate surface area is 81.5 Å². The zero-order chi connectivity index (χ0) is 9.15. The van der Waals surface area contributed by atoms with Gasteiger partial charge in [-0.1, -0.05) is 12.8 Å². The standard InChI is InChI=1S/C11H22N2/c1-11(6-2-3-7-11)13-9-10-5-4-8-12-10/h10,12-13H,2-9H2,1H3. The summed E-state index contributed by atoms with van der Waals surface area (Å²) in [6.07, 6.45) is 8.31. The van der Waals surface area contributed by atoms with Crippen molar-refractivity contribution in [3.8, 4) is 0 Å². The van der Waals surface area contributed by atoms with E-state index in [4.69, 9.17) is 0 Å². The molecule has 2 rings (SSSR count). The molecule has 76 valence electrons. The van der Waals surface area contributed by atoms with E-state index in [-0.39, 0.29) is 0 Å². The first-order valence-corrected chi connectivity index (χ1v) is 5.77. The molecule has 0 aromatic rings. The van der Waals surface area contributed by atoms with Crippen LogP contribution in [0.4, 0.5) is 0 Å². The van der Waals surface area contributed by atoms with Gasteiger partial charge in [-0.3, -0.25) is 0 Å². The largest absolute Gasteiger partial charge is 0.313 e. The van der Waals surface area contributed by atoms with Gasteiger partial charge in [-0.05, 0) is 39.2 Å². The van der Waals surface area contributed by atoms with E-state index in [2.05, 4.69) is 17.6 Å². The zero-order valence-corrected chi connectivity index (χ0v) is 8.73. The van der Waals surface area contributed by atoms with Gasteiger partial charge in [0.15, 0.2) is 0 Å². The number of nitrogens with one attached hydrogen (secondary N) is 2. The molecule has 0 aromatic carbocycles. The predicted molar refractivity (Wildman–Crippen MR) is 55.9 cm³/mol. The summed E-state index contributed by atoms with van der Waals surface area (Å²) in [5.74, 6) is 0. The van der Waals surface area contributed by atoms with Crippen LogP contribution in [0.3, 0.4) is 0 Å². The van der Waals surface area contributed by atoms with Gasteiger partial charge in [-0.2, -0.15) is 0 Å². The summed E-state index contributed by atoms with van der Waals surface area (Å²) in [6, 6.07) is 0.748. The van der Waals surface area contributed by atoms with Crippen LogP contribution in [0.5, 0.6) is 0 Å². The fourth-order valence-electron chi connectivity index (χ4n) is 2.63. The summed E-state index contributed by atoms with van der Waals surface area (Å²) < 4.78 is 0. The van der Waals surface area contributed by atoms with Crippen molar-refractivity contribution >= 4 is 0 Å². The normalized spacial score (nSPS) is 32.5. The van der Waals surface area contributed by atoms with Gasteiger partial charge in [-0.25, -0.2) is 0 Å². The molecule has 0 amide bonds. The molecule has 2 N–H and O–H groups in total. The first kappa shape index (κ1) is 9.47. The van der Waals surface area contributed by atoms with Gasteiger partial charge in [-0.15, -0.1) is 0 Å². The second-order valence-corrected chi connectivity index (χ2v) is 4.94. The van der Waals surface area contributed by atoms with Gasteiger partial charge in [0.25, 0.3) is 0 Å². The van der Waals surface area contributed by atoms with Crippen molar-refractivity contribution in [3.63, 3.8) is 0 Å². The third kappa shape index (κ3) is 2.44. The fraction of sp³-hybridized carbons (Fsp3) is 1.00. The van der Waals surface area contributed by atoms with Crippen LogP contribution in [-0.2, 0) is 0 Å². The van der Waals surface area contributed by atoms with Crippen molar-refractivity contribution in [3.05, 3.63) is 0 Å². The molecule has 0 bridgehead atoms. The molecule has 1 aliphatic heterocycles. The molecule has 0 spiro atoms. The van der Waals surface area contributed by atoms with Gasteiger partial charge >= 0.3 is 0 Å². The van der Waals surface area contributed by atoms with Crippen molar-refractivity contribution in [2.75, 3.05) is 13.1 Å². The highest BCUT2D eigenvalue weighted by Crippen LogP contribution is 2.28. The monoisotopic (exact) mass is 182 g/mol. The van der Waals surface area contributed by atoms with Gasteiger partial charge in [0.2, 0.25) is 0 Å². The molecule has 1 unspecified atom stereocenters. The minimum absolute atomic E-state index is 0.463. The van der Waals surface area contributed by atoms with Crippen LogP contribution in [0, 0.1) is 0 Å². The van der Waals surface area contributed by atoms with E-state index in [9.17, 15) is 0 Å². The van der Waals surface area contributed by atoms with Crippen LogP contribution in [0.2, 0.25) is 0 Å². The number of rotatable bonds is 3. The summed E-state index contributed by atoms with van der Waals surface area (Å²) in [5.41, 5.74) is 0.463. The lowest BCUT2D eigenvalue weighted by atomic mass is 10.0. The second-order valence-electron chi connectivity index (χ2n) is 4.94. The predicted octanol–water partition coefficient (Wildman–Crippen LogP) is 1.66. The average Bonchev–Trinajstić information content (AvgIpc) is 2.72. The van der Waals surface area contributed by atoms with E-state index in [1.54, 1.807) is 0 Å². The minimum atomic E-state index is 0.463. The first-order chi connectivity index (χ1) is 6.29. The highest BCUT2D eigenvalue weighted by atomic mass is 15.0. The molecular formula is C11H22N2. The van der Waals surface area contributed by atoms with Crippen molar-refractivity contribution in [1.29, 1.82) is 0 Å². The summed E-state index contributed by atoms with van der Waals surface area (Å²) >= 11 is 0. The minimum Gasteiger partial charge on any atom is -0.313 e. The Kier molecular flexibility index (Phi) is 2.89. The molecule has 1 saturated heterocycles. The van der Waals surface area contributed by atoms with Gasteiger partial charge in [0.05, 0.1) is 0 Å². The Hall–Kier alpha value is -0.0800. The molecule has 13 heavy (non-hydrogen) atoms. The van der Waals surface area contributed by atoms with Crippen LogP contribution in [-0.4, -0.2) is 24.7 Å². The van der Waals surface area contributed by atoms with Crippen molar-refractivity contribution in [2.45, 2.75) is 57.0 Å². The van der Waals surface area contributed by atoms with E-state index < -0.39 is 0 Å². The van der Waals surface area contributed by atoms with Crippen LogP contribution >= 0.6 is 0 Å². The third-order valence-corrected chi connectivity index (χ3v) is 3.64. The van der Waals surface area contributed by atoms with Crippen LogP contribution in [0.15, 0.2) is 0 Å². The van der Waals surface area contributed by atoms with Crippen molar-refractivity contribution < 1.29 is 0 Å². The van der Waals surface area contributed by atoms with E-state index >= 15 is 0 Å². The van der Waals surface area contributed by atoms with Crippen LogP contribution < -0.4 is 10.6 Å². The summed E-state index contributed by atoms with van der Waals surface area (Å²) in [5, 5.41) is 7.27. The number of hydrogen-bond donors (Lipinski definition) is 2. The fourth-order valence-corrected chi connectivity index (χ4v) is 2.63. The molecule has 0 radical (unpaired) electrons. The Morgan fingerprint density at radius 1 is 1.31 bits per heavy atom. The highest BCUT2D eigenvalue weighted by Gasteiger charge is 2.28. The van der Waals surface area contributed by atoms with Gasteiger partial charge < -0.3 is 10.6 Å². The Balaban J connectivity index is 1.71. The molecule has 1 heterocycles. The van der Waals surface area contributed by atoms with E-state index in [0.29, 0.717) is 5.54 Å². The van der Waals surface area contributed by atoms with Gasteiger partial charge in [0, 0.05) is 18.1 Å². The molecular weight excluding hydrogens is 160 g/mol. The quantitative estimate of drug-likeness (QED) is 0.693. The Morgan fingerprint density at radius 2 is 2.08 bits per heavy atom. The van der Waals surface area contributed by atoms with E-state index in [1.165, 1.54) is 51.6 Å². The zero-order valence-electron chi connectivity index (χ0n) is 8.73. The summed E-state index contributed by atoms with van der Waals surface area (Å²) in [6.45, 7) is 4.79. The summed E-state index contributed by atoms with van der Waals surface area (Å²) in [4.78, 5) is 0. The highest BCUT2D eigenvalue weighted by molar-refractivity contribution is 4.90. The third-order valence-electron chi connectivity index (χ3n) is 3.64. The smallest absolute Gasteiger partial charge is 0.0193 e. The molecule has 1 saturated carbocycles.